The van der Waals surface area contributed by atoms with Gasteiger partial charge in [0.15, 0.2) is 5.78 Å². The standard InChI is InChI=1S/C24H27Cl2NO3/c1-13-20(23(29)30-15-6-4-5-7-15)21(16-9-8-14(25)10-17(16)26)22-18(27-13)11-24(2,3)12-19(22)28/h8-10,15,21,27H,4-7,11-12H2,1-3H3/t21-/m1/s1. The number of ketones is 1. The number of carbonyl (C=O) groups is 2. The highest BCUT2D eigenvalue weighted by Gasteiger charge is 2.44. The zero-order chi connectivity index (χ0) is 21.6. The lowest BCUT2D eigenvalue weighted by molar-refractivity contribution is -0.144. The fourth-order valence-electron chi connectivity index (χ4n) is 4.97. The van der Waals surface area contributed by atoms with Gasteiger partial charge in [-0.05, 0) is 62.1 Å². The van der Waals surface area contributed by atoms with Crippen LogP contribution in [0.25, 0.3) is 0 Å². The van der Waals surface area contributed by atoms with E-state index in [4.69, 9.17) is 27.9 Å². The molecule has 3 aliphatic rings. The van der Waals surface area contributed by atoms with Gasteiger partial charge in [0.25, 0.3) is 0 Å². The van der Waals surface area contributed by atoms with Crippen molar-refractivity contribution in [1.29, 1.82) is 0 Å². The molecule has 1 aliphatic heterocycles. The van der Waals surface area contributed by atoms with Crippen LogP contribution in [0, 0.1) is 5.41 Å². The van der Waals surface area contributed by atoms with Crippen molar-refractivity contribution in [2.45, 2.75) is 71.3 Å². The minimum atomic E-state index is -0.552. The van der Waals surface area contributed by atoms with Gasteiger partial charge in [-0.1, -0.05) is 43.1 Å². The predicted octanol–water partition coefficient (Wildman–Crippen LogP) is 6.08. The van der Waals surface area contributed by atoms with Gasteiger partial charge in [0.1, 0.15) is 6.10 Å². The van der Waals surface area contributed by atoms with Crippen molar-refractivity contribution in [3.05, 3.63) is 56.3 Å². The smallest absolute Gasteiger partial charge is 0.337 e. The van der Waals surface area contributed by atoms with E-state index in [9.17, 15) is 9.59 Å². The van der Waals surface area contributed by atoms with E-state index in [0.717, 1.165) is 43.5 Å². The average molecular weight is 448 g/mol. The molecule has 160 valence electrons. The van der Waals surface area contributed by atoms with Crippen LogP contribution < -0.4 is 5.32 Å². The molecule has 0 spiro atoms. The molecule has 1 saturated carbocycles. The predicted molar refractivity (Wildman–Crippen MR) is 118 cm³/mol. The van der Waals surface area contributed by atoms with E-state index in [-0.39, 0.29) is 23.3 Å². The number of hydrogen-bond donors (Lipinski definition) is 1. The first-order valence-corrected chi connectivity index (χ1v) is 11.3. The number of benzene rings is 1. The van der Waals surface area contributed by atoms with E-state index in [2.05, 4.69) is 19.2 Å². The lowest BCUT2D eigenvalue weighted by Gasteiger charge is -2.39. The van der Waals surface area contributed by atoms with Gasteiger partial charge in [-0.25, -0.2) is 4.79 Å². The first-order chi connectivity index (χ1) is 14.2. The van der Waals surface area contributed by atoms with Crippen molar-refractivity contribution in [1.82, 2.24) is 5.32 Å². The first kappa shape index (κ1) is 21.5. The van der Waals surface area contributed by atoms with Crippen molar-refractivity contribution in [3.8, 4) is 0 Å². The van der Waals surface area contributed by atoms with Crippen molar-refractivity contribution in [2.24, 2.45) is 5.41 Å². The lowest BCUT2D eigenvalue weighted by atomic mass is 9.68. The fraction of sp³-hybridized carbons (Fsp3) is 0.500. The number of ether oxygens (including phenoxy) is 1. The molecule has 0 saturated heterocycles. The maximum absolute atomic E-state index is 13.3. The summed E-state index contributed by atoms with van der Waals surface area (Å²) >= 11 is 12.7. The van der Waals surface area contributed by atoms with Crippen LogP contribution in [0.2, 0.25) is 10.0 Å². The monoisotopic (exact) mass is 447 g/mol. The highest BCUT2D eigenvalue weighted by atomic mass is 35.5. The summed E-state index contributed by atoms with van der Waals surface area (Å²) in [7, 11) is 0. The molecule has 0 aromatic heterocycles. The van der Waals surface area contributed by atoms with Crippen LogP contribution in [0.4, 0.5) is 0 Å². The van der Waals surface area contributed by atoms with Crippen LogP contribution in [0.3, 0.4) is 0 Å². The van der Waals surface area contributed by atoms with Crippen LogP contribution in [0.5, 0.6) is 0 Å². The van der Waals surface area contributed by atoms with Gasteiger partial charge < -0.3 is 10.1 Å². The number of halogens is 2. The van der Waals surface area contributed by atoms with E-state index in [1.807, 2.05) is 13.0 Å². The van der Waals surface area contributed by atoms with E-state index in [1.165, 1.54) is 0 Å². The number of hydrogen-bond acceptors (Lipinski definition) is 4. The molecule has 30 heavy (non-hydrogen) atoms. The molecule has 4 rings (SSSR count). The van der Waals surface area contributed by atoms with E-state index in [1.54, 1.807) is 12.1 Å². The minimum Gasteiger partial charge on any atom is -0.459 e. The quantitative estimate of drug-likeness (QED) is 0.569. The topological polar surface area (TPSA) is 55.4 Å². The first-order valence-electron chi connectivity index (χ1n) is 10.6. The van der Waals surface area contributed by atoms with Gasteiger partial charge in [-0.15, -0.1) is 0 Å². The number of Topliss-reactive ketones (excluding diaryl/α,β-unsaturated/α-hetero) is 1. The number of esters is 1. The van der Waals surface area contributed by atoms with Crippen LogP contribution >= 0.6 is 23.2 Å². The summed E-state index contributed by atoms with van der Waals surface area (Å²) in [5, 5.41) is 4.31. The molecule has 2 aliphatic carbocycles. The molecule has 0 radical (unpaired) electrons. The van der Waals surface area contributed by atoms with Crippen molar-refractivity contribution in [2.75, 3.05) is 0 Å². The van der Waals surface area contributed by atoms with Gasteiger partial charge in [-0.2, -0.15) is 0 Å². The normalized spacial score (nSPS) is 24.0. The largest absolute Gasteiger partial charge is 0.459 e. The Morgan fingerprint density at radius 1 is 1.17 bits per heavy atom. The van der Waals surface area contributed by atoms with Gasteiger partial charge in [-0.3, -0.25) is 4.79 Å². The Morgan fingerprint density at radius 2 is 1.87 bits per heavy atom. The molecule has 4 nitrogen and oxygen atoms in total. The maximum atomic E-state index is 13.3. The highest BCUT2D eigenvalue weighted by Crippen LogP contribution is 2.48. The third kappa shape index (κ3) is 4.04. The zero-order valence-electron chi connectivity index (χ0n) is 17.6. The minimum absolute atomic E-state index is 0.0448. The summed E-state index contributed by atoms with van der Waals surface area (Å²) in [4.78, 5) is 26.6. The SMILES string of the molecule is CC1=C(C(=O)OC2CCCC2)[C@@H](c2ccc(Cl)cc2Cl)C2=C(CC(C)(C)CC2=O)N1. The molecule has 0 bridgehead atoms. The van der Waals surface area contributed by atoms with Gasteiger partial charge in [0.05, 0.1) is 5.57 Å². The van der Waals surface area contributed by atoms with E-state index < -0.39 is 5.92 Å². The fourth-order valence-corrected chi connectivity index (χ4v) is 5.49. The van der Waals surface area contributed by atoms with E-state index in [0.29, 0.717) is 33.2 Å². The second-order valence-electron chi connectivity index (χ2n) is 9.41. The molecule has 1 heterocycles. The third-order valence-corrected chi connectivity index (χ3v) is 6.87. The molecule has 1 aromatic carbocycles. The van der Waals surface area contributed by atoms with Crippen LogP contribution in [-0.4, -0.2) is 17.9 Å². The summed E-state index contributed by atoms with van der Waals surface area (Å²) < 4.78 is 5.85. The summed E-state index contributed by atoms with van der Waals surface area (Å²) in [6, 6.07) is 5.22. The van der Waals surface area contributed by atoms with Gasteiger partial charge in [0.2, 0.25) is 0 Å². The van der Waals surface area contributed by atoms with E-state index >= 15 is 0 Å². The third-order valence-electron chi connectivity index (χ3n) is 6.31. The summed E-state index contributed by atoms with van der Waals surface area (Å²) in [5.74, 6) is -0.876. The Bertz CT molecular complexity index is 971. The molecule has 0 amide bonds. The molecule has 1 aromatic rings. The van der Waals surface area contributed by atoms with Crippen LogP contribution in [0.15, 0.2) is 40.7 Å². The molecular weight excluding hydrogens is 421 g/mol. The number of nitrogens with one attached hydrogen (secondary N) is 1. The van der Waals surface area contributed by atoms with Crippen LogP contribution in [0.1, 0.15) is 70.8 Å². The number of dihydropyridines is 1. The average Bonchev–Trinajstić information content (AvgIpc) is 3.12. The Balaban J connectivity index is 1.82. The molecule has 0 unspecified atom stereocenters. The van der Waals surface area contributed by atoms with Crippen molar-refractivity contribution < 1.29 is 14.3 Å². The maximum Gasteiger partial charge on any atom is 0.337 e. The summed E-state index contributed by atoms with van der Waals surface area (Å²) in [5.41, 5.74) is 3.26. The zero-order valence-corrected chi connectivity index (χ0v) is 19.1. The summed E-state index contributed by atoms with van der Waals surface area (Å²) in [6.07, 6.45) is 5.03. The summed E-state index contributed by atoms with van der Waals surface area (Å²) in [6.45, 7) is 6.05. The second-order valence-corrected chi connectivity index (χ2v) is 10.3. The van der Waals surface area contributed by atoms with Crippen LogP contribution in [-0.2, 0) is 14.3 Å². The molecule has 1 N–H and O–H groups in total. The Hall–Kier alpha value is -1.78. The van der Waals surface area contributed by atoms with Crippen molar-refractivity contribution in [3.63, 3.8) is 0 Å². The molecular formula is C24H27Cl2NO3. The molecule has 1 atom stereocenters. The molecule has 6 heteroatoms. The number of allylic oxidation sites excluding steroid dienone is 3. The number of rotatable bonds is 3. The second kappa shape index (κ2) is 8.05. The number of carbonyl (C=O) groups excluding carboxylic acids is 2. The van der Waals surface area contributed by atoms with Crippen molar-refractivity contribution >= 4 is 35.0 Å². The highest BCUT2D eigenvalue weighted by molar-refractivity contribution is 6.35. The molecule has 1 fully saturated rings. The lowest BCUT2D eigenvalue weighted by Crippen LogP contribution is -2.39. The van der Waals surface area contributed by atoms with Gasteiger partial charge in [0, 0.05) is 39.4 Å². The van der Waals surface area contributed by atoms with Gasteiger partial charge >= 0.3 is 5.97 Å². The Morgan fingerprint density at radius 3 is 2.53 bits per heavy atom. The Labute approximate surface area is 187 Å². The Kier molecular flexibility index (Phi) is 5.75.